The molecule has 10 heteroatoms. The van der Waals surface area contributed by atoms with E-state index in [4.69, 9.17) is 14.7 Å². The van der Waals surface area contributed by atoms with E-state index in [9.17, 15) is 9.90 Å². The van der Waals surface area contributed by atoms with Crippen LogP contribution in [-0.4, -0.2) is 64.9 Å². The van der Waals surface area contributed by atoms with Gasteiger partial charge in [0.1, 0.15) is 10.7 Å². The summed E-state index contributed by atoms with van der Waals surface area (Å²) in [5.41, 5.74) is 2.69. The van der Waals surface area contributed by atoms with Gasteiger partial charge >= 0.3 is 5.97 Å². The first-order valence-corrected chi connectivity index (χ1v) is 11.5. The van der Waals surface area contributed by atoms with Crippen molar-refractivity contribution in [2.75, 3.05) is 43.0 Å². The molecule has 2 aromatic heterocycles. The van der Waals surface area contributed by atoms with Gasteiger partial charge in [-0.25, -0.2) is 14.8 Å². The van der Waals surface area contributed by atoms with Crippen LogP contribution in [0.25, 0.3) is 5.57 Å². The Morgan fingerprint density at radius 3 is 2.87 bits per heavy atom. The van der Waals surface area contributed by atoms with E-state index < -0.39 is 0 Å². The normalized spacial score (nSPS) is 17.4. The molecule has 2 aliphatic heterocycles. The van der Waals surface area contributed by atoms with Crippen LogP contribution < -0.4 is 15.5 Å². The molecule has 2 aromatic rings. The van der Waals surface area contributed by atoms with E-state index in [1.165, 1.54) is 16.9 Å². The largest absolute Gasteiger partial charge is 0.462 e. The highest BCUT2D eigenvalue weighted by atomic mass is 32.1. The monoisotopic (exact) mass is 444 g/mol. The van der Waals surface area contributed by atoms with Crippen LogP contribution in [0.15, 0.2) is 12.1 Å². The molecule has 0 spiro atoms. The number of anilines is 3. The van der Waals surface area contributed by atoms with Crippen LogP contribution in [0.2, 0.25) is 0 Å². The van der Waals surface area contributed by atoms with Gasteiger partial charge in [-0.1, -0.05) is 17.4 Å². The highest BCUT2D eigenvalue weighted by Gasteiger charge is 2.22. The number of piperidine rings is 1. The molecule has 0 radical (unpaired) electrons. The molecular formula is C21H28N6O3S. The van der Waals surface area contributed by atoms with Crippen LogP contribution in [-0.2, 0) is 4.74 Å². The number of rotatable bonds is 6. The second-order valence-corrected chi connectivity index (χ2v) is 8.61. The van der Waals surface area contributed by atoms with E-state index in [0.717, 1.165) is 57.0 Å². The highest BCUT2D eigenvalue weighted by Crippen LogP contribution is 2.29. The number of carbonyl (C=O) groups excluding carboxylic acids is 1. The summed E-state index contributed by atoms with van der Waals surface area (Å²) in [5, 5.41) is 16.9. The van der Waals surface area contributed by atoms with Gasteiger partial charge in [0.2, 0.25) is 5.95 Å². The molecule has 1 saturated heterocycles. The Morgan fingerprint density at radius 1 is 1.35 bits per heavy atom. The maximum Gasteiger partial charge on any atom is 0.350 e. The van der Waals surface area contributed by atoms with E-state index in [2.05, 4.69) is 26.6 Å². The molecule has 0 atom stereocenters. The van der Waals surface area contributed by atoms with E-state index in [1.807, 2.05) is 6.07 Å². The first-order valence-electron chi connectivity index (χ1n) is 10.7. The molecule has 4 heterocycles. The zero-order valence-electron chi connectivity index (χ0n) is 17.8. The number of nitrogens with zero attached hydrogens (tertiary/aromatic N) is 4. The Hall–Kier alpha value is -2.56. The van der Waals surface area contributed by atoms with Crippen LogP contribution in [0.4, 0.5) is 16.9 Å². The molecule has 0 aliphatic carbocycles. The minimum Gasteiger partial charge on any atom is -0.462 e. The van der Waals surface area contributed by atoms with Gasteiger partial charge in [-0.05, 0) is 45.2 Å². The fraction of sp³-hybridized carbons (Fsp3) is 0.524. The van der Waals surface area contributed by atoms with E-state index in [-0.39, 0.29) is 12.1 Å². The number of hydrogen-bond acceptors (Lipinski definition) is 10. The number of ether oxygens (including phenoxy) is 1. The van der Waals surface area contributed by atoms with Gasteiger partial charge in [0.15, 0.2) is 5.13 Å². The van der Waals surface area contributed by atoms with Gasteiger partial charge in [0.05, 0.1) is 24.1 Å². The number of hydrogen-bond donors (Lipinski definition) is 3. The minimum absolute atomic E-state index is 0.248. The van der Waals surface area contributed by atoms with Crippen molar-refractivity contribution in [3.8, 4) is 0 Å². The number of esters is 1. The average Bonchev–Trinajstić information content (AvgIpc) is 3.15. The number of nitrogens with one attached hydrogen (secondary N) is 2. The highest BCUT2D eigenvalue weighted by molar-refractivity contribution is 7.17. The van der Waals surface area contributed by atoms with E-state index in [1.54, 1.807) is 13.8 Å². The van der Waals surface area contributed by atoms with Gasteiger partial charge < -0.3 is 20.1 Å². The molecule has 2 aliphatic rings. The molecule has 1 fully saturated rings. The van der Waals surface area contributed by atoms with Gasteiger partial charge in [-0.3, -0.25) is 5.32 Å². The molecule has 166 valence electrons. The Labute approximate surface area is 185 Å². The lowest BCUT2D eigenvalue weighted by Gasteiger charge is -2.31. The van der Waals surface area contributed by atoms with Crippen LogP contribution in [0.3, 0.4) is 0 Å². The summed E-state index contributed by atoms with van der Waals surface area (Å²) in [6.07, 6.45) is 4.26. The summed E-state index contributed by atoms with van der Waals surface area (Å²) >= 11 is 1.24. The molecule has 0 aromatic carbocycles. The summed E-state index contributed by atoms with van der Waals surface area (Å²) in [6, 6.07) is 2.02. The van der Waals surface area contributed by atoms with E-state index in [0.29, 0.717) is 28.3 Å². The summed E-state index contributed by atoms with van der Waals surface area (Å²) < 4.78 is 5.11. The Bertz CT molecular complexity index is 968. The van der Waals surface area contributed by atoms with Crippen molar-refractivity contribution in [2.45, 2.75) is 39.2 Å². The standard InChI is InChI=1S/C21H28N6O3S/c1-3-30-19(29)18-13(2)23-21(31-18)26-20-24-16(14-4-8-22-9-5-14)12-17(25-20)27-10-6-15(28)7-11-27/h4,12,15,22,28H,3,5-11H2,1-2H3,(H,23,24,25,26). The molecule has 0 saturated carbocycles. The van der Waals surface area contributed by atoms with Crippen molar-refractivity contribution in [3.63, 3.8) is 0 Å². The number of aryl methyl sites for hydroxylation is 1. The SMILES string of the molecule is CCOC(=O)c1sc(Nc2nc(C3=CCNCC3)cc(N3CCC(O)CC3)n2)nc1C. The fourth-order valence-electron chi connectivity index (χ4n) is 3.70. The second kappa shape index (κ2) is 9.71. The zero-order chi connectivity index (χ0) is 21.8. The Morgan fingerprint density at radius 2 is 2.16 bits per heavy atom. The smallest absolute Gasteiger partial charge is 0.350 e. The van der Waals surface area contributed by atoms with Crippen molar-refractivity contribution in [3.05, 3.63) is 28.4 Å². The Kier molecular flexibility index (Phi) is 6.79. The molecule has 3 N–H and O–H groups in total. The first kappa shape index (κ1) is 21.7. The summed E-state index contributed by atoms with van der Waals surface area (Å²) in [4.78, 5) is 28.7. The van der Waals surface area contributed by atoms with Gasteiger partial charge in [-0.2, -0.15) is 4.98 Å². The van der Waals surface area contributed by atoms with Crippen molar-refractivity contribution < 1.29 is 14.6 Å². The minimum atomic E-state index is -0.368. The van der Waals surface area contributed by atoms with Crippen molar-refractivity contribution in [1.29, 1.82) is 0 Å². The van der Waals surface area contributed by atoms with E-state index >= 15 is 0 Å². The molecule has 0 unspecified atom stereocenters. The maximum atomic E-state index is 12.1. The van der Waals surface area contributed by atoms with Crippen LogP contribution in [0.1, 0.15) is 47.2 Å². The topological polar surface area (TPSA) is 112 Å². The van der Waals surface area contributed by atoms with Crippen molar-refractivity contribution >= 4 is 39.8 Å². The third-order valence-corrected chi connectivity index (χ3v) is 6.42. The number of aliphatic hydroxyl groups is 1. The van der Waals surface area contributed by atoms with Gasteiger partial charge in [-0.15, -0.1) is 0 Å². The number of aliphatic hydroxyl groups excluding tert-OH is 1. The number of thiazole rings is 1. The van der Waals surface area contributed by atoms with Crippen LogP contribution in [0, 0.1) is 6.92 Å². The van der Waals surface area contributed by atoms with Crippen LogP contribution in [0.5, 0.6) is 0 Å². The van der Waals surface area contributed by atoms with Gasteiger partial charge in [0.25, 0.3) is 0 Å². The number of carbonyl (C=O) groups is 1. The summed E-state index contributed by atoms with van der Waals surface area (Å²) in [7, 11) is 0. The zero-order valence-corrected chi connectivity index (χ0v) is 18.7. The predicted octanol–water partition coefficient (Wildman–Crippen LogP) is 2.50. The maximum absolute atomic E-state index is 12.1. The lowest BCUT2D eigenvalue weighted by molar-refractivity contribution is 0.0531. The van der Waals surface area contributed by atoms with Crippen molar-refractivity contribution in [2.24, 2.45) is 0 Å². The molecule has 9 nitrogen and oxygen atoms in total. The fourth-order valence-corrected chi connectivity index (χ4v) is 4.55. The lowest BCUT2D eigenvalue weighted by atomic mass is 10.0. The summed E-state index contributed by atoms with van der Waals surface area (Å²) in [5.74, 6) is 0.910. The molecule has 4 rings (SSSR count). The molecule has 31 heavy (non-hydrogen) atoms. The van der Waals surface area contributed by atoms with Crippen LogP contribution >= 0.6 is 11.3 Å². The molecular weight excluding hydrogens is 416 g/mol. The van der Waals surface area contributed by atoms with Crippen molar-refractivity contribution in [1.82, 2.24) is 20.3 Å². The average molecular weight is 445 g/mol. The second-order valence-electron chi connectivity index (χ2n) is 7.62. The predicted molar refractivity (Wildman–Crippen MR) is 121 cm³/mol. The molecule has 0 amide bonds. The van der Waals surface area contributed by atoms with Gasteiger partial charge in [0, 0.05) is 25.7 Å². The third kappa shape index (κ3) is 5.20. The lowest BCUT2D eigenvalue weighted by Crippen LogP contribution is -2.36. The summed E-state index contributed by atoms with van der Waals surface area (Å²) in [6.45, 7) is 7.13. The first-order chi connectivity index (χ1) is 15.0. The number of aromatic nitrogens is 3. The quantitative estimate of drug-likeness (QED) is 0.578. The molecule has 0 bridgehead atoms. The third-order valence-electron chi connectivity index (χ3n) is 5.37. The Balaban J connectivity index is 1.63.